The van der Waals surface area contributed by atoms with Gasteiger partial charge in [-0.25, -0.2) is 0 Å². The van der Waals surface area contributed by atoms with Crippen LogP contribution in [-0.2, 0) is 0 Å². The molecule has 2 aliphatic rings. The van der Waals surface area contributed by atoms with Crippen LogP contribution in [0.3, 0.4) is 0 Å². The largest absolute Gasteiger partial charge is 0.314 e. The Kier molecular flexibility index (Phi) is 7.84. The Hall–Kier alpha value is 0.200. The highest BCUT2D eigenvalue weighted by molar-refractivity contribution is 9.10. The fraction of sp³-hybridized carbons (Fsp3) is 0.600. The van der Waals surface area contributed by atoms with E-state index in [-0.39, 0.29) is 24.8 Å². The molecule has 0 radical (unpaired) electrons. The minimum Gasteiger partial charge on any atom is -0.314 e. The number of benzene rings is 1. The Labute approximate surface area is 142 Å². The molecule has 0 spiro atoms. The molecular weight excluding hydrogens is 359 g/mol. The second kappa shape index (κ2) is 8.60. The van der Waals surface area contributed by atoms with Gasteiger partial charge in [0.1, 0.15) is 0 Å². The highest BCUT2D eigenvalue weighted by Gasteiger charge is 2.30. The Morgan fingerprint density at radius 1 is 1.10 bits per heavy atom. The van der Waals surface area contributed by atoms with Gasteiger partial charge in [-0.05, 0) is 30.0 Å². The fourth-order valence-corrected chi connectivity index (χ4v) is 3.11. The maximum Gasteiger partial charge on any atom is 0.0351 e. The van der Waals surface area contributed by atoms with E-state index in [4.69, 9.17) is 0 Å². The third-order valence-corrected chi connectivity index (χ3v) is 4.63. The standard InChI is InChI=1S/C15H21BrN2.2ClH/c16-14-5-3-13(4-6-14)15(11-12-1-2-12)18-9-7-17-8-10-18;;/h3-6,12,15,17H,1-2,7-11H2;2*1H/t15-;;/m0../s1. The van der Waals surface area contributed by atoms with Crippen molar-refractivity contribution in [2.75, 3.05) is 26.2 Å². The summed E-state index contributed by atoms with van der Waals surface area (Å²) in [6.07, 6.45) is 4.24. The van der Waals surface area contributed by atoms with Gasteiger partial charge in [0.25, 0.3) is 0 Å². The van der Waals surface area contributed by atoms with Gasteiger partial charge in [0.15, 0.2) is 0 Å². The number of nitrogens with zero attached hydrogens (tertiary/aromatic N) is 1. The first-order valence-corrected chi connectivity index (χ1v) is 7.82. The van der Waals surface area contributed by atoms with Crippen molar-refractivity contribution in [3.8, 4) is 0 Å². The van der Waals surface area contributed by atoms with Crippen molar-refractivity contribution in [2.24, 2.45) is 5.92 Å². The monoisotopic (exact) mass is 380 g/mol. The number of piperazine rings is 1. The average Bonchev–Trinajstić information content (AvgIpc) is 3.22. The van der Waals surface area contributed by atoms with E-state index >= 15 is 0 Å². The number of hydrogen-bond acceptors (Lipinski definition) is 2. The topological polar surface area (TPSA) is 15.3 Å². The van der Waals surface area contributed by atoms with E-state index in [1.807, 2.05) is 0 Å². The number of halogens is 3. The van der Waals surface area contributed by atoms with Crippen LogP contribution in [0.15, 0.2) is 28.7 Å². The van der Waals surface area contributed by atoms with Gasteiger partial charge in [-0.3, -0.25) is 4.90 Å². The van der Waals surface area contributed by atoms with Gasteiger partial charge in [0.05, 0.1) is 0 Å². The normalized spacial score (nSPS) is 20.6. The van der Waals surface area contributed by atoms with Crippen LogP contribution in [0.2, 0.25) is 0 Å². The third-order valence-electron chi connectivity index (χ3n) is 4.10. The number of hydrogen-bond donors (Lipinski definition) is 1. The van der Waals surface area contributed by atoms with Gasteiger partial charge in [-0.1, -0.05) is 40.9 Å². The van der Waals surface area contributed by atoms with Crippen molar-refractivity contribution < 1.29 is 0 Å². The van der Waals surface area contributed by atoms with Gasteiger partial charge >= 0.3 is 0 Å². The molecule has 0 unspecified atom stereocenters. The van der Waals surface area contributed by atoms with Crippen LogP contribution in [0.25, 0.3) is 0 Å². The van der Waals surface area contributed by atoms with Crippen molar-refractivity contribution in [1.82, 2.24) is 10.2 Å². The molecule has 20 heavy (non-hydrogen) atoms. The first kappa shape index (κ1) is 18.2. The second-order valence-electron chi connectivity index (χ2n) is 5.53. The van der Waals surface area contributed by atoms with Crippen LogP contribution in [-0.4, -0.2) is 31.1 Å². The lowest BCUT2D eigenvalue weighted by molar-refractivity contribution is 0.160. The van der Waals surface area contributed by atoms with Gasteiger partial charge in [0, 0.05) is 36.7 Å². The zero-order valence-corrected chi connectivity index (χ0v) is 14.8. The van der Waals surface area contributed by atoms with Crippen molar-refractivity contribution >= 4 is 40.7 Å². The molecule has 1 saturated heterocycles. The second-order valence-corrected chi connectivity index (χ2v) is 6.45. The SMILES string of the molecule is Brc1ccc([C@H](CC2CC2)N2CCNCC2)cc1.Cl.Cl. The maximum absolute atomic E-state index is 3.53. The summed E-state index contributed by atoms with van der Waals surface area (Å²) in [7, 11) is 0. The summed E-state index contributed by atoms with van der Waals surface area (Å²) in [6, 6.07) is 9.57. The molecule has 0 bridgehead atoms. The Balaban J connectivity index is 0.000001000. The summed E-state index contributed by atoms with van der Waals surface area (Å²) >= 11 is 3.53. The van der Waals surface area contributed by atoms with Crippen LogP contribution in [0, 0.1) is 5.92 Å². The first-order chi connectivity index (χ1) is 8.83. The van der Waals surface area contributed by atoms with Crippen molar-refractivity contribution in [3.05, 3.63) is 34.3 Å². The predicted molar refractivity (Wildman–Crippen MR) is 93.2 cm³/mol. The molecular formula is C15H23BrCl2N2. The predicted octanol–water partition coefficient (Wildman–Crippen LogP) is 4.04. The van der Waals surface area contributed by atoms with E-state index in [1.165, 1.54) is 42.4 Å². The van der Waals surface area contributed by atoms with Crippen LogP contribution >= 0.6 is 40.7 Å². The molecule has 0 amide bonds. The van der Waals surface area contributed by atoms with E-state index in [0.29, 0.717) is 6.04 Å². The lowest BCUT2D eigenvalue weighted by atomic mass is 9.99. The minimum absolute atomic E-state index is 0. The summed E-state index contributed by atoms with van der Waals surface area (Å²) in [4.78, 5) is 2.66. The zero-order valence-electron chi connectivity index (χ0n) is 11.6. The molecule has 1 aromatic carbocycles. The molecule has 1 aromatic rings. The van der Waals surface area contributed by atoms with Crippen LogP contribution < -0.4 is 5.32 Å². The van der Waals surface area contributed by atoms with E-state index in [2.05, 4.69) is 50.4 Å². The van der Waals surface area contributed by atoms with E-state index in [9.17, 15) is 0 Å². The zero-order chi connectivity index (χ0) is 12.4. The molecule has 1 N–H and O–H groups in total. The molecule has 3 rings (SSSR count). The first-order valence-electron chi connectivity index (χ1n) is 7.03. The number of nitrogens with one attached hydrogen (secondary N) is 1. The van der Waals surface area contributed by atoms with Crippen molar-refractivity contribution in [3.63, 3.8) is 0 Å². The highest BCUT2D eigenvalue weighted by atomic mass is 79.9. The fourth-order valence-electron chi connectivity index (χ4n) is 2.84. The van der Waals surface area contributed by atoms with E-state index in [0.717, 1.165) is 19.0 Å². The molecule has 1 heterocycles. The number of rotatable bonds is 4. The molecule has 2 fully saturated rings. The van der Waals surface area contributed by atoms with Crippen LogP contribution in [0.4, 0.5) is 0 Å². The molecule has 1 aliphatic carbocycles. The lowest BCUT2D eigenvalue weighted by Gasteiger charge is -2.35. The summed E-state index contributed by atoms with van der Waals surface area (Å²) in [5.41, 5.74) is 1.49. The molecule has 114 valence electrons. The molecule has 1 atom stereocenters. The minimum atomic E-state index is 0. The van der Waals surface area contributed by atoms with Gasteiger partial charge < -0.3 is 5.32 Å². The maximum atomic E-state index is 3.53. The van der Waals surface area contributed by atoms with Crippen molar-refractivity contribution in [2.45, 2.75) is 25.3 Å². The third kappa shape index (κ3) is 4.88. The van der Waals surface area contributed by atoms with Crippen molar-refractivity contribution in [1.29, 1.82) is 0 Å². The molecule has 2 nitrogen and oxygen atoms in total. The van der Waals surface area contributed by atoms with Crippen LogP contribution in [0.5, 0.6) is 0 Å². The molecule has 5 heteroatoms. The smallest absolute Gasteiger partial charge is 0.0351 e. The molecule has 1 aliphatic heterocycles. The summed E-state index contributed by atoms with van der Waals surface area (Å²) in [6.45, 7) is 4.65. The Morgan fingerprint density at radius 3 is 2.25 bits per heavy atom. The van der Waals surface area contributed by atoms with E-state index < -0.39 is 0 Å². The molecule has 1 saturated carbocycles. The highest BCUT2D eigenvalue weighted by Crippen LogP contribution is 2.40. The van der Waals surface area contributed by atoms with Gasteiger partial charge in [0.2, 0.25) is 0 Å². The summed E-state index contributed by atoms with van der Waals surface area (Å²) in [5, 5.41) is 3.45. The average molecular weight is 382 g/mol. The van der Waals surface area contributed by atoms with Crippen LogP contribution in [0.1, 0.15) is 30.9 Å². The lowest BCUT2D eigenvalue weighted by Crippen LogP contribution is -2.45. The van der Waals surface area contributed by atoms with E-state index in [1.54, 1.807) is 0 Å². The molecule has 0 aromatic heterocycles. The summed E-state index contributed by atoms with van der Waals surface area (Å²) < 4.78 is 1.18. The quantitative estimate of drug-likeness (QED) is 0.846. The summed E-state index contributed by atoms with van der Waals surface area (Å²) in [5.74, 6) is 0.980. The van der Waals surface area contributed by atoms with Gasteiger partial charge in [-0.15, -0.1) is 24.8 Å². The Morgan fingerprint density at radius 2 is 1.70 bits per heavy atom. The van der Waals surface area contributed by atoms with Gasteiger partial charge in [-0.2, -0.15) is 0 Å². The Bertz CT molecular complexity index is 389.